The molecule has 0 fully saturated rings. The molecule has 166 valence electrons. The minimum atomic E-state index is -0.551. The lowest BCUT2D eigenvalue weighted by atomic mass is 10.1. The Labute approximate surface area is 216 Å². The van der Waals surface area contributed by atoms with E-state index in [4.69, 9.17) is 16.3 Å². The maximum Gasteiger partial charge on any atom is 0.269 e. The third-order valence-electron chi connectivity index (χ3n) is 4.31. The van der Waals surface area contributed by atoms with Gasteiger partial charge in [0.25, 0.3) is 11.6 Å². The number of hydrogen-bond donors (Lipinski definition) is 1. The molecule has 0 aliphatic heterocycles. The summed E-state index contributed by atoms with van der Waals surface area (Å²) >= 11 is 11.5. The molecule has 0 radical (unpaired) electrons. The number of nitro groups is 1. The summed E-state index contributed by atoms with van der Waals surface area (Å²) in [5.74, 6) is 0.0254. The Kier molecular flexibility index (Phi) is 8.43. The summed E-state index contributed by atoms with van der Waals surface area (Å²) in [7, 11) is 0. The summed E-state index contributed by atoms with van der Waals surface area (Å²) in [6.07, 6.45) is 1.48. The van der Waals surface area contributed by atoms with Gasteiger partial charge in [-0.2, -0.15) is 5.26 Å². The van der Waals surface area contributed by atoms with E-state index >= 15 is 0 Å². The van der Waals surface area contributed by atoms with Crippen molar-refractivity contribution >= 4 is 73.5 Å². The van der Waals surface area contributed by atoms with Gasteiger partial charge in [-0.25, -0.2) is 0 Å². The second-order valence-electron chi connectivity index (χ2n) is 6.66. The Morgan fingerprint density at radius 2 is 1.97 bits per heavy atom. The van der Waals surface area contributed by atoms with Gasteiger partial charge < -0.3 is 10.1 Å². The first-order valence-electron chi connectivity index (χ1n) is 9.30. The van der Waals surface area contributed by atoms with Crippen LogP contribution in [0.4, 0.5) is 11.4 Å². The summed E-state index contributed by atoms with van der Waals surface area (Å²) in [4.78, 5) is 22.8. The van der Waals surface area contributed by atoms with Crippen molar-refractivity contribution in [1.29, 1.82) is 5.26 Å². The normalized spacial score (nSPS) is 10.9. The second kappa shape index (κ2) is 11.3. The van der Waals surface area contributed by atoms with Gasteiger partial charge in [-0.05, 0) is 98.2 Å². The molecule has 0 heterocycles. The highest BCUT2D eigenvalue weighted by atomic mass is 127. The van der Waals surface area contributed by atoms with Crippen molar-refractivity contribution in [2.75, 3.05) is 5.32 Å². The van der Waals surface area contributed by atoms with Crippen LogP contribution in [0.25, 0.3) is 6.08 Å². The number of benzene rings is 3. The zero-order valence-corrected chi connectivity index (χ0v) is 21.2. The molecule has 0 bridgehead atoms. The molecule has 7 nitrogen and oxygen atoms in total. The number of rotatable bonds is 7. The number of nitrogens with zero attached hydrogens (tertiary/aromatic N) is 2. The zero-order valence-electron chi connectivity index (χ0n) is 16.7. The molecule has 0 saturated heterocycles. The van der Waals surface area contributed by atoms with E-state index in [1.165, 1.54) is 18.2 Å². The topological polar surface area (TPSA) is 105 Å². The standard InChI is InChI=1S/C23H14BrClIN3O4/c24-20-9-15(8-16(12-27)23(30)28-18-3-1-2-17(25)11-18)10-21(26)22(20)33-13-14-4-6-19(7-5-14)29(31)32/h1-11H,13H2,(H,28,30)/b16-8+. The molecule has 0 aliphatic rings. The van der Waals surface area contributed by atoms with E-state index < -0.39 is 10.8 Å². The van der Waals surface area contributed by atoms with Gasteiger partial charge in [-0.15, -0.1) is 0 Å². The van der Waals surface area contributed by atoms with Gasteiger partial charge in [0.2, 0.25) is 0 Å². The zero-order chi connectivity index (χ0) is 24.0. The van der Waals surface area contributed by atoms with Crippen LogP contribution in [-0.2, 0) is 11.4 Å². The monoisotopic (exact) mass is 637 g/mol. The molecule has 1 N–H and O–H groups in total. The molecular formula is C23H14BrClIN3O4. The van der Waals surface area contributed by atoms with Crippen LogP contribution in [0.2, 0.25) is 5.02 Å². The number of carbonyl (C=O) groups excluding carboxylic acids is 1. The van der Waals surface area contributed by atoms with Crippen LogP contribution < -0.4 is 10.1 Å². The minimum Gasteiger partial charge on any atom is -0.487 e. The van der Waals surface area contributed by atoms with E-state index in [0.29, 0.717) is 26.5 Å². The molecule has 3 rings (SSSR count). The van der Waals surface area contributed by atoms with E-state index in [-0.39, 0.29) is 17.9 Å². The van der Waals surface area contributed by atoms with E-state index in [1.807, 2.05) is 6.07 Å². The summed E-state index contributed by atoms with van der Waals surface area (Å²) in [5.41, 5.74) is 1.83. The van der Waals surface area contributed by atoms with Crippen molar-refractivity contribution in [1.82, 2.24) is 0 Å². The average molecular weight is 639 g/mol. The van der Waals surface area contributed by atoms with Gasteiger partial charge in [-0.1, -0.05) is 17.7 Å². The molecule has 0 atom stereocenters. The van der Waals surface area contributed by atoms with Gasteiger partial charge in [-0.3, -0.25) is 14.9 Å². The molecule has 3 aromatic carbocycles. The quantitative estimate of drug-likeness (QED) is 0.102. The van der Waals surface area contributed by atoms with Crippen molar-refractivity contribution in [2.24, 2.45) is 0 Å². The van der Waals surface area contributed by atoms with Crippen LogP contribution in [0.1, 0.15) is 11.1 Å². The van der Waals surface area contributed by atoms with Gasteiger partial charge in [0, 0.05) is 22.8 Å². The first-order chi connectivity index (χ1) is 15.8. The first kappa shape index (κ1) is 24.7. The third kappa shape index (κ3) is 6.77. The number of hydrogen-bond acceptors (Lipinski definition) is 5. The molecule has 0 spiro atoms. The average Bonchev–Trinajstić information content (AvgIpc) is 2.77. The number of nitrogens with one attached hydrogen (secondary N) is 1. The number of non-ortho nitro benzene ring substituents is 1. The van der Waals surface area contributed by atoms with E-state index in [1.54, 1.807) is 48.5 Å². The number of anilines is 1. The molecule has 0 saturated carbocycles. The molecule has 33 heavy (non-hydrogen) atoms. The maximum atomic E-state index is 12.5. The third-order valence-corrected chi connectivity index (χ3v) is 5.93. The van der Waals surface area contributed by atoms with E-state index in [9.17, 15) is 20.2 Å². The van der Waals surface area contributed by atoms with E-state index in [2.05, 4.69) is 43.8 Å². The highest BCUT2D eigenvalue weighted by molar-refractivity contribution is 14.1. The predicted molar refractivity (Wildman–Crippen MR) is 138 cm³/mol. The second-order valence-corrected chi connectivity index (χ2v) is 9.11. The fraction of sp³-hybridized carbons (Fsp3) is 0.0435. The molecule has 10 heteroatoms. The molecule has 0 aromatic heterocycles. The lowest BCUT2D eigenvalue weighted by Crippen LogP contribution is -2.13. The lowest BCUT2D eigenvalue weighted by molar-refractivity contribution is -0.384. The number of nitro benzene ring substituents is 1. The van der Waals surface area contributed by atoms with Crippen molar-refractivity contribution in [3.8, 4) is 11.8 Å². The van der Waals surface area contributed by atoms with Crippen LogP contribution in [0.15, 0.2) is 70.7 Å². The molecular weight excluding hydrogens is 625 g/mol. The minimum absolute atomic E-state index is 0.0124. The van der Waals surface area contributed by atoms with Gasteiger partial charge >= 0.3 is 0 Å². The van der Waals surface area contributed by atoms with E-state index in [0.717, 1.165) is 9.13 Å². The van der Waals surface area contributed by atoms with Gasteiger partial charge in [0.1, 0.15) is 24.0 Å². The van der Waals surface area contributed by atoms with Crippen molar-refractivity contribution in [3.05, 3.63) is 101 Å². The first-order valence-corrected chi connectivity index (χ1v) is 11.6. The van der Waals surface area contributed by atoms with Gasteiger partial charge in [0.15, 0.2) is 0 Å². The van der Waals surface area contributed by atoms with Crippen molar-refractivity contribution < 1.29 is 14.5 Å². The predicted octanol–water partition coefficient (Wildman–Crippen LogP) is 6.74. The fourth-order valence-electron chi connectivity index (χ4n) is 2.75. The molecule has 0 aliphatic carbocycles. The number of carbonyl (C=O) groups is 1. The number of nitriles is 1. The number of ether oxygens (including phenoxy) is 1. The lowest BCUT2D eigenvalue weighted by Gasteiger charge is -2.12. The van der Waals surface area contributed by atoms with Crippen molar-refractivity contribution in [3.63, 3.8) is 0 Å². The highest BCUT2D eigenvalue weighted by Gasteiger charge is 2.13. The highest BCUT2D eigenvalue weighted by Crippen LogP contribution is 2.33. The summed E-state index contributed by atoms with van der Waals surface area (Å²) in [6.45, 7) is 0.216. The number of amides is 1. The Balaban J connectivity index is 1.75. The molecule has 0 unspecified atom stereocenters. The largest absolute Gasteiger partial charge is 0.487 e. The summed E-state index contributed by atoms with van der Waals surface area (Å²) in [5, 5.41) is 23.4. The Morgan fingerprint density at radius 3 is 2.58 bits per heavy atom. The summed E-state index contributed by atoms with van der Waals surface area (Å²) in [6, 6.07) is 18.2. The molecule has 3 aromatic rings. The SMILES string of the molecule is N#C/C(=C\c1cc(Br)c(OCc2ccc([N+](=O)[O-])cc2)c(I)c1)C(=O)Nc1cccc(Cl)c1. The van der Waals surface area contributed by atoms with Crippen LogP contribution in [0.5, 0.6) is 5.75 Å². The maximum absolute atomic E-state index is 12.5. The van der Waals surface area contributed by atoms with Crippen LogP contribution in [-0.4, -0.2) is 10.8 Å². The van der Waals surface area contributed by atoms with Gasteiger partial charge in [0.05, 0.1) is 13.0 Å². The Bertz CT molecular complexity index is 1270. The van der Waals surface area contributed by atoms with Crippen LogP contribution in [0.3, 0.4) is 0 Å². The smallest absolute Gasteiger partial charge is 0.269 e. The van der Waals surface area contributed by atoms with Crippen molar-refractivity contribution in [2.45, 2.75) is 6.61 Å². The number of halogens is 3. The van der Waals surface area contributed by atoms with Crippen LogP contribution >= 0.6 is 50.1 Å². The fourth-order valence-corrected chi connectivity index (χ4v) is 4.71. The Morgan fingerprint density at radius 1 is 1.24 bits per heavy atom. The summed E-state index contributed by atoms with van der Waals surface area (Å²) < 4.78 is 7.26. The molecule has 1 amide bonds. The van der Waals surface area contributed by atoms with Crippen LogP contribution in [0, 0.1) is 25.0 Å². The Hall–Kier alpha value is -2.94.